The molecule has 0 aliphatic heterocycles. The van der Waals surface area contributed by atoms with Gasteiger partial charge in [0.1, 0.15) is 0 Å². The molecule has 2 N–H and O–H groups in total. The summed E-state index contributed by atoms with van der Waals surface area (Å²) in [6, 6.07) is 3.34. The third-order valence-corrected chi connectivity index (χ3v) is 2.88. The quantitative estimate of drug-likeness (QED) is 0.910. The van der Waals surface area contributed by atoms with E-state index in [-0.39, 0.29) is 5.56 Å². The summed E-state index contributed by atoms with van der Waals surface area (Å²) in [4.78, 5) is 7.77. The third-order valence-electron chi connectivity index (χ3n) is 2.88. The molecule has 0 saturated carbocycles. The van der Waals surface area contributed by atoms with Crippen molar-refractivity contribution >= 4 is 0 Å². The number of pyridine rings is 2. The van der Waals surface area contributed by atoms with Gasteiger partial charge in [-0.05, 0) is 24.6 Å². The van der Waals surface area contributed by atoms with Crippen molar-refractivity contribution in [2.75, 3.05) is 0 Å². The van der Waals surface area contributed by atoms with Crippen LogP contribution in [0.15, 0.2) is 36.8 Å². The van der Waals surface area contributed by atoms with Gasteiger partial charge in [-0.1, -0.05) is 6.07 Å². The highest BCUT2D eigenvalue weighted by molar-refractivity contribution is 5.37. The van der Waals surface area contributed by atoms with Crippen molar-refractivity contribution in [2.45, 2.75) is 19.1 Å². The molecule has 1 unspecified atom stereocenters. The third kappa shape index (κ3) is 2.73. The average molecular weight is 267 g/mol. The van der Waals surface area contributed by atoms with E-state index in [2.05, 4.69) is 9.97 Å². The van der Waals surface area contributed by atoms with Gasteiger partial charge < -0.3 is 5.73 Å². The molecule has 2 rings (SSSR count). The van der Waals surface area contributed by atoms with Gasteiger partial charge in [-0.3, -0.25) is 9.97 Å². The van der Waals surface area contributed by atoms with E-state index in [9.17, 15) is 13.2 Å². The lowest BCUT2D eigenvalue weighted by Crippen LogP contribution is -2.19. The first-order valence-electron chi connectivity index (χ1n) is 5.59. The molecule has 0 saturated heterocycles. The topological polar surface area (TPSA) is 51.8 Å². The standard InChI is InChI=1S/C13H12F3N3/c1-8-9(3-2-5-19-8)12(17)10-7-18-6-4-11(10)13(14,15)16/h2-7,12H,17H2,1H3. The second-order valence-corrected chi connectivity index (χ2v) is 4.12. The number of nitrogens with two attached hydrogens (primary N) is 1. The van der Waals surface area contributed by atoms with Gasteiger partial charge in [0.25, 0.3) is 0 Å². The summed E-state index contributed by atoms with van der Waals surface area (Å²) in [6.45, 7) is 1.71. The maximum absolute atomic E-state index is 12.9. The highest BCUT2D eigenvalue weighted by Crippen LogP contribution is 2.35. The predicted octanol–water partition coefficient (Wildman–Crippen LogP) is 2.85. The fourth-order valence-corrected chi connectivity index (χ4v) is 1.91. The largest absolute Gasteiger partial charge is 0.416 e. The number of hydrogen-bond acceptors (Lipinski definition) is 3. The molecule has 0 aliphatic carbocycles. The Hall–Kier alpha value is -1.95. The summed E-state index contributed by atoms with van der Waals surface area (Å²) >= 11 is 0. The lowest BCUT2D eigenvalue weighted by atomic mass is 9.96. The minimum absolute atomic E-state index is 0.0499. The summed E-state index contributed by atoms with van der Waals surface area (Å²) in [5.74, 6) is 0. The molecule has 3 nitrogen and oxygen atoms in total. The van der Waals surface area contributed by atoms with E-state index in [0.29, 0.717) is 11.3 Å². The van der Waals surface area contributed by atoms with Gasteiger partial charge in [0, 0.05) is 29.8 Å². The normalized spacial score (nSPS) is 13.3. The van der Waals surface area contributed by atoms with Crippen LogP contribution in [0.1, 0.15) is 28.4 Å². The van der Waals surface area contributed by atoms with Gasteiger partial charge in [0.15, 0.2) is 0 Å². The number of alkyl halides is 3. The Morgan fingerprint density at radius 3 is 2.53 bits per heavy atom. The summed E-state index contributed by atoms with van der Waals surface area (Å²) in [5.41, 5.74) is 6.28. The Balaban J connectivity index is 2.51. The van der Waals surface area contributed by atoms with Gasteiger partial charge in [-0.2, -0.15) is 13.2 Å². The lowest BCUT2D eigenvalue weighted by Gasteiger charge is -2.19. The van der Waals surface area contributed by atoms with Crippen LogP contribution in [0.4, 0.5) is 13.2 Å². The van der Waals surface area contributed by atoms with E-state index in [0.717, 1.165) is 18.5 Å². The van der Waals surface area contributed by atoms with Crippen LogP contribution in [0.5, 0.6) is 0 Å². The van der Waals surface area contributed by atoms with Crippen molar-refractivity contribution in [1.82, 2.24) is 9.97 Å². The van der Waals surface area contributed by atoms with Gasteiger partial charge in [0.2, 0.25) is 0 Å². The van der Waals surface area contributed by atoms with Crippen molar-refractivity contribution in [3.05, 3.63) is 59.2 Å². The smallest absolute Gasteiger partial charge is 0.320 e. The number of aromatic nitrogens is 2. The molecular formula is C13H12F3N3. The lowest BCUT2D eigenvalue weighted by molar-refractivity contribution is -0.138. The Bertz CT molecular complexity index is 581. The SMILES string of the molecule is Cc1ncccc1C(N)c1cnccc1C(F)(F)F. The van der Waals surface area contributed by atoms with Crippen molar-refractivity contribution in [3.8, 4) is 0 Å². The molecule has 2 aromatic heterocycles. The predicted molar refractivity (Wildman–Crippen MR) is 64.2 cm³/mol. The van der Waals surface area contributed by atoms with Gasteiger partial charge >= 0.3 is 6.18 Å². The molecule has 0 fully saturated rings. The zero-order chi connectivity index (χ0) is 14.0. The van der Waals surface area contributed by atoms with Crippen LogP contribution < -0.4 is 5.73 Å². The van der Waals surface area contributed by atoms with Crippen LogP contribution in [0, 0.1) is 6.92 Å². The fourth-order valence-electron chi connectivity index (χ4n) is 1.91. The monoisotopic (exact) mass is 267 g/mol. The van der Waals surface area contributed by atoms with Crippen LogP contribution in [0.3, 0.4) is 0 Å². The van der Waals surface area contributed by atoms with Crippen LogP contribution in [0.25, 0.3) is 0 Å². The number of rotatable bonds is 2. The van der Waals surface area contributed by atoms with Crippen molar-refractivity contribution in [1.29, 1.82) is 0 Å². The molecule has 0 aliphatic rings. The molecule has 0 radical (unpaired) electrons. The maximum atomic E-state index is 12.9. The van der Waals surface area contributed by atoms with Gasteiger partial charge in [-0.15, -0.1) is 0 Å². The van der Waals surface area contributed by atoms with Crippen LogP contribution >= 0.6 is 0 Å². The summed E-state index contributed by atoms with van der Waals surface area (Å²) in [6.07, 6.45) is -0.624. The minimum Gasteiger partial charge on any atom is -0.320 e. The zero-order valence-corrected chi connectivity index (χ0v) is 10.1. The summed E-state index contributed by atoms with van der Waals surface area (Å²) < 4.78 is 38.8. The van der Waals surface area contributed by atoms with E-state index in [1.54, 1.807) is 25.3 Å². The van der Waals surface area contributed by atoms with E-state index >= 15 is 0 Å². The van der Waals surface area contributed by atoms with E-state index < -0.39 is 17.8 Å². The van der Waals surface area contributed by atoms with Crippen LogP contribution in [0.2, 0.25) is 0 Å². The highest BCUT2D eigenvalue weighted by atomic mass is 19.4. The van der Waals surface area contributed by atoms with Crippen molar-refractivity contribution < 1.29 is 13.2 Å². The fraction of sp³-hybridized carbons (Fsp3) is 0.231. The first kappa shape index (κ1) is 13.5. The average Bonchev–Trinajstić information content (AvgIpc) is 2.37. The van der Waals surface area contributed by atoms with Crippen molar-refractivity contribution in [2.24, 2.45) is 5.73 Å². The highest BCUT2D eigenvalue weighted by Gasteiger charge is 2.35. The number of aryl methyl sites for hydroxylation is 1. The Morgan fingerprint density at radius 1 is 1.16 bits per heavy atom. The molecule has 100 valence electrons. The second-order valence-electron chi connectivity index (χ2n) is 4.12. The Labute approximate surface area is 108 Å². The number of hydrogen-bond donors (Lipinski definition) is 1. The number of nitrogens with zero attached hydrogens (tertiary/aromatic N) is 2. The maximum Gasteiger partial charge on any atom is 0.416 e. The second kappa shape index (κ2) is 4.97. The zero-order valence-electron chi connectivity index (χ0n) is 10.1. The molecule has 6 heteroatoms. The summed E-state index contributed by atoms with van der Waals surface area (Å²) in [7, 11) is 0. The van der Waals surface area contributed by atoms with E-state index in [4.69, 9.17) is 5.73 Å². The molecule has 2 heterocycles. The molecule has 0 spiro atoms. The van der Waals surface area contributed by atoms with E-state index in [1.165, 1.54) is 0 Å². The minimum atomic E-state index is -4.45. The summed E-state index contributed by atoms with van der Waals surface area (Å²) in [5, 5.41) is 0. The molecule has 19 heavy (non-hydrogen) atoms. The molecule has 1 atom stereocenters. The Kier molecular flexibility index (Phi) is 3.53. The van der Waals surface area contributed by atoms with Crippen LogP contribution in [-0.4, -0.2) is 9.97 Å². The van der Waals surface area contributed by atoms with Gasteiger partial charge in [0.05, 0.1) is 11.6 Å². The number of halogens is 3. The van der Waals surface area contributed by atoms with Crippen LogP contribution in [-0.2, 0) is 6.18 Å². The molecule has 0 aromatic carbocycles. The first-order valence-corrected chi connectivity index (χ1v) is 5.59. The van der Waals surface area contributed by atoms with E-state index in [1.807, 2.05) is 0 Å². The van der Waals surface area contributed by atoms with Crippen molar-refractivity contribution in [3.63, 3.8) is 0 Å². The molecule has 0 amide bonds. The first-order chi connectivity index (χ1) is 8.91. The molecule has 0 bridgehead atoms. The van der Waals surface area contributed by atoms with Gasteiger partial charge in [-0.25, -0.2) is 0 Å². The molecular weight excluding hydrogens is 255 g/mol. The Morgan fingerprint density at radius 2 is 1.89 bits per heavy atom. The molecule has 2 aromatic rings.